The molecule has 1 aromatic carbocycles. The van der Waals surface area contributed by atoms with E-state index in [0.717, 1.165) is 12.5 Å². The van der Waals surface area contributed by atoms with Crippen LogP contribution in [0.15, 0.2) is 41.8 Å². The fourth-order valence-corrected chi connectivity index (χ4v) is 3.69. The number of hydrogen-bond donors (Lipinski definition) is 1. The Morgan fingerprint density at radius 2 is 2.10 bits per heavy atom. The maximum atomic E-state index is 12.2. The van der Waals surface area contributed by atoms with Crippen molar-refractivity contribution in [2.75, 3.05) is 24.3 Å². The molecule has 0 spiro atoms. The minimum absolute atomic E-state index is 0.0696. The van der Waals surface area contributed by atoms with Crippen molar-refractivity contribution in [2.45, 2.75) is 11.3 Å². The van der Waals surface area contributed by atoms with E-state index in [4.69, 9.17) is 4.74 Å². The van der Waals surface area contributed by atoms with Gasteiger partial charge in [-0.25, -0.2) is 8.42 Å². The van der Waals surface area contributed by atoms with Crippen LogP contribution in [0, 0.1) is 5.92 Å². The van der Waals surface area contributed by atoms with Crippen LogP contribution >= 0.6 is 0 Å². The zero-order valence-electron chi connectivity index (χ0n) is 11.0. The molecule has 0 aromatic heterocycles. The molecule has 1 amide bonds. The van der Waals surface area contributed by atoms with Crippen LogP contribution in [-0.4, -0.2) is 33.3 Å². The van der Waals surface area contributed by atoms with Crippen molar-refractivity contribution in [1.29, 1.82) is 0 Å². The number of ether oxygens (including phenoxy) is 1. The van der Waals surface area contributed by atoms with E-state index in [-0.39, 0.29) is 22.5 Å². The monoisotopic (exact) mass is 295 g/mol. The van der Waals surface area contributed by atoms with Crippen LogP contribution in [0.2, 0.25) is 0 Å². The lowest BCUT2D eigenvalue weighted by Gasteiger charge is -2.09. The Bertz CT molecular complexity index is 586. The molecule has 1 heterocycles. The number of amides is 1. The van der Waals surface area contributed by atoms with E-state index >= 15 is 0 Å². The summed E-state index contributed by atoms with van der Waals surface area (Å²) in [5.41, 5.74) is 0.540. The van der Waals surface area contributed by atoms with Crippen molar-refractivity contribution in [3.05, 3.63) is 36.9 Å². The number of nitrogens with one attached hydrogen (secondary N) is 1. The highest BCUT2D eigenvalue weighted by atomic mass is 32.2. The number of sulfone groups is 1. The summed E-state index contributed by atoms with van der Waals surface area (Å²) in [7, 11) is -3.31. The van der Waals surface area contributed by atoms with Gasteiger partial charge in [0.05, 0.1) is 17.3 Å². The Morgan fingerprint density at radius 3 is 2.65 bits per heavy atom. The van der Waals surface area contributed by atoms with Crippen molar-refractivity contribution >= 4 is 21.4 Å². The molecule has 2 rings (SSSR count). The van der Waals surface area contributed by atoms with Crippen LogP contribution in [0.1, 0.15) is 6.42 Å². The predicted molar refractivity (Wildman–Crippen MR) is 76.2 cm³/mol. The largest absolute Gasteiger partial charge is 0.381 e. The van der Waals surface area contributed by atoms with Gasteiger partial charge in [-0.05, 0) is 42.7 Å². The molecule has 0 aliphatic carbocycles. The molecule has 1 fully saturated rings. The van der Waals surface area contributed by atoms with Gasteiger partial charge in [-0.15, -0.1) is 0 Å². The average molecular weight is 295 g/mol. The number of anilines is 1. The van der Waals surface area contributed by atoms with Gasteiger partial charge in [-0.1, -0.05) is 6.58 Å². The zero-order valence-corrected chi connectivity index (χ0v) is 11.9. The summed E-state index contributed by atoms with van der Waals surface area (Å²) in [5, 5.41) is 2.57. The van der Waals surface area contributed by atoms with Gasteiger partial charge in [0.15, 0.2) is 9.84 Å². The first kappa shape index (κ1) is 14.7. The molecule has 1 atom stereocenters. The van der Waals surface area contributed by atoms with Crippen LogP contribution in [-0.2, 0) is 19.4 Å². The molecule has 1 unspecified atom stereocenters. The molecule has 20 heavy (non-hydrogen) atoms. The standard InChI is InChI=1S/C14H17NO4S/c1-2-14(16)15-12-3-5-13(6-4-12)20(17,18)10-11-7-8-19-9-11/h2-6,11H,1,7-10H2,(H,15,16). The molecule has 6 heteroatoms. The van der Waals surface area contributed by atoms with Crippen molar-refractivity contribution in [3.63, 3.8) is 0 Å². The Labute approximate surface area is 118 Å². The molecule has 1 aliphatic rings. The van der Waals surface area contributed by atoms with Crippen molar-refractivity contribution in [3.8, 4) is 0 Å². The second kappa shape index (κ2) is 6.19. The summed E-state index contributed by atoms with van der Waals surface area (Å²) in [6, 6.07) is 6.15. The van der Waals surface area contributed by atoms with E-state index < -0.39 is 9.84 Å². The summed E-state index contributed by atoms with van der Waals surface area (Å²) in [5.74, 6) is -0.158. The van der Waals surface area contributed by atoms with Crippen LogP contribution in [0.5, 0.6) is 0 Å². The van der Waals surface area contributed by atoms with Crippen LogP contribution in [0.3, 0.4) is 0 Å². The molecule has 5 nitrogen and oxygen atoms in total. The summed E-state index contributed by atoms with van der Waals surface area (Å²) in [6.45, 7) is 4.49. The van der Waals surface area contributed by atoms with Gasteiger partial charge in [0, 0.05) is 12.3 Å². The fourth-order valence-electron chi connectivity index (χ4n) is 2.06. The minimum atomic E-state index is -3.31. The summed E-state index contributed by atoms with van der Waals surface area (Å²) in [6.07, 6.45) is 1.94. The quantitative estimate of drug-likeness (QED) is 0.838. The molecule has 1 N–H and O–H groups in total. The SMILES string of the molecule is C=CC(=O)Nc1ccc(S(=O)(=O)CC2CCOC2)cc1. The van der Waals surface area contributed by atoms with Gasteiger partial charge in [0.2, 0.25) is 5.91 Å². The lowest BCUT2D eigenvalue weighted by atomic mass is 10.2. The third-order valence-electron chi connectivity index (χ3n) is 3.15. The smallest absolute Gasteiger partial charge is 0.247 e. The van der Waals surface area contributed by atoms with E-state index in [1.54, 1.807) is 12.1 Å². The molecule has 1 aliphatic heterocycles. The van der Waals surface area contributed by atoms with E-state index in [2.05, 4.69) is 11.9 Å². The Morgan fingerprint density at radius 1 is 1.40 bits per heavy atom. The lowest BCUT2D eigenvalue weighted by molar-refractivity contribution is -0.111. The zero-order chi connectivity index (χ0) is 14.6. The van der Waals surface area contributed by atoms with Gasteiger partial charge in [-0.2, -0.15) is 0 Å². The third kappa shape index (κ3) is 3.68. The van der Waals surface area contributed by atoms with Gasteiger partial charge >= 0.3 is 0 Å². The maximum Gasteiger partial charge on any atom is 0.247 e. The number of carbonyl (C=O) groups excluding carboxylic acids is 1. The predicted octanol–water partition coefficient (Wildman–Crippen LogP) is 1.62. The second-order valence-electron chi connectivity index (χ2n) is 4.73. The average Bonchev–Trinajstić information content (AvgIpc) is 2.91. The van der Waals surface area contributed by atoms with Gasteiger partial charge < -0.3 is 10.1 Å². The molecule has 1 saturated heterocycles. The van der Waals surface area contributed by atoms with Gasteiger partial charge in [-0.3, -0.25) is 4.79 Å². The first-order valence-corrected chi connectivity index (χ1v) is 8.00. The van der Waals surface area contributed by atoms with Crippen LogP contribution in [0.25, 0.3) is 0 Å². The summed E-state index contributed by atoms with van der Waals surface area (Å²) < 4.78 is 29.6. The van der Waals surface area contributed by atoms with Crippen molar-refractivity contribution < 1.29 is 17.9 Å². The summed E-state index contributed by atoms with van der Waals surface area (Å²) in [4.78, 5) is 11.4. The van der Waals surface area contributed by atoms with Crippen LogP contribution in [0.4, 0.5) is 5.69 Å². The molecule has 0 saturated carbocycles. The van der Waals surface area contributed by atoms with Crippen molar-refractivity contribution in [2.24, 2.45) is 5.92 Å². The van der Waals surface area contributed by atoms with E-state index in [1.807, 2.05) is 0 Å². The van der Waals surface area contributed by atoms with E-state index in [0.29, 0.717) is 18.9 Å². The van der Waals surface area contributed by atoms with Gasteiger partial charge in [0.25, 0.3) is 0 Å². The highest BCUT2D eigenvalue weighted by Crippen LogP contribution is 2.21. The second-order valence-corrected chi connectivity index (χ2v) is 6.76. The topological polar surface area (TPSA) is 72.5 Å². The Hall–Kier alpha value is -1.66. The number of benzene rings is 1. The summed E-state index contributed by atoms with van der Waals surface area (Å²) >= 11 is 0. The fraction of sp³-hybridized carbons (Fsp3) is 0.357. The highest BCUT2D eigenvalue weighted by molar-refractivity contribution is 7.91. The van der Waals surface area contributed by atoms with E-state index in [1.165, 1.54) is 12.1 Å². The molecular formula is C14H17NO4S. The first-order valence-electron chi connectivity index (χ1n) is 6.35. The first-order chi connectivity index (χ1) is 9.51. The van der Waals surface area contributed by atoms with Crippen molar-refractivity contribution in [1.82, 2.24) is 0 Å². The van der Waals surface area contributed by atoms with E-state index in [9.17, 15) is 13.2 Å². The number of carbonyl (C=O) groups is 1. The normalized spacial score (nSPS) is 18.7. The van der Waals surface area contributed by atoms with Crippen LogP contribution < -0.4 is 5.32 Å². The molecular weight excluding hydrogens is 278 g/mol. The minimum Gasteiger partial charge on any atom is -0.381 e. The molecule has 0 bridgehead atoms. The highest BCUT2D eigenvalue weighted by Gasteiger charge is 2.24. The number of hydrogen-bond acceptors (Lipinski definition) is 4. The lowest BCUT2D eigenvalue weighted by Crippen LogP contribution is -2.16. The Balaban J connectivity index is 2.07. The Kier molecular flexibility index (Phi) is 4.57. The number of rotatable bonds is 5. The molecule has 0 radical (unpaired) electrons. The van der Waals surface area contributed by atoms with Gasteiger partial charge in [0.1, 0.15) is 0 Å². The molecule has 1 aromatic rings. The third-order valence-corrected chi connectivity index (χ3v) is 5.05. The molecule has 108 valence electrons. The maximum absolute atomic E-state index is 12.2.